The van der Waals surface area contributed by atoms with Crippen LogP contribution in [0.5, 0.6) is 5.75 Å². The first kappa shape index (κ1) is 14.3. The Hall–Kier alpha value is -3.12. The number of benzene rings is 2. The van der Waals surface area contributed by atoms with Crippen molar-refractivity contribution >= 4 is 11.4 Å². The maximum atomic E-state index is 14.4. The van der Waals surface area contributed by atoms with E-state index >= 15 is 0 Å². The second-order valence-corrected chi connectivity index (χ2v) is 4.00. The second-order valence-electron chi connectivity index (χ2n) is 4.00. The van der Waals surface area contributed by atoms with Crippen LogP contribution in [0.25, 0.3) is 0 Å². The molecule has 0 amide bonds. The van der Waals surface area contributed by atoms with Crippen LogP contribution in [0, 0.1) is 34.3 Å². The van der Waals surface area contributed by atoms with Crippen LogP contribution in [-0.2, 0) is 0 Å². The Bertz CT molecular complexity index is 758. The van der Waals surface area contributed by atoms with Gasteiger partial charge in [0.15, 0.2) is 17.4 Å². The third-order valence-corrected chi connectivity index (χ3v) is 2.81. The Balaban J connectivity index is 2.69. The summed E-state index contributed by atoms with van der Waals surface area (Å²) < 4.78 is 33.3. The van der Waals surface area contributed by atoms with Crippen LogP contribution in [0.15, 0.2) is 30.3 Å². The Morgan fingerprint density at radius 3 is 2.10 bits per heavy atom. The number of anilines is 2. The van der Waals surface area contributed by atoms with E-state index in [1.807, 2.05) is 0 Å². The summed E-state index contributed by atoms with van der Waals surface area (Å²) in [5, 5.41) is 20.5. The predicted octanol–water partition coefficient (Wildman–Crippen LogP) is 3.46. The number of nitrogens with one attached hydrogen (secondary N) is 1. The minimum absolute atomic E-state index is 0.322. The first-order chi connectivity index (χ1) is 10.1. The highest BCUT2D eigenvalue weighted by molar-refractivity contribution is 5.72. The van der Waals surface area contributed by atoms with Crippen molar-refractivity contribution in [2.45, 2.75) is 0 Å². The third-order valence-electron chi connectivity index (χ3n) is 2.81. The van der Waals surface area contributed by atoms with E-state index in [-0.39, 0.29) is 5.69 Å². The van der Waals surface area contributed by atoms with Crippen LogP contribution >= 0.6 is 0 Å². The summed E-state index contributed by atoms with van der Waals surface area (Å²) in [6.07, 6.45) is 0. The number of nitrogens with zero attached hydrogens (tertiary/aromatic N) is 2. The molecular formula is C15H9F2N3O. The van der Waals surface area contributed by atoms with Crippen molar-refractivity contribution in [3.05, 3.63) is 53.1 Å². The molecule has 0 aliphatic rings. The molecule has 0 aliphatic carbocycles. The van der Waals surface area contributed by atoms with E-state index in [0.717, 1.165) is 7.11 Å². The average molecular weight is 285 g/mol. The van der Waals surface area contributed by atoms with Gasteiger partial charge in [-0.25, -0.2) is 8.78 Å². The van der Waals surface area contributed by atoms with E-state index in [1.165, 1.54) is 12.1 Å². The van der Waals surface area contributed by atoms with Gasteiger partial charge < -0.3 is 10.1 Å². The van der Waals surface area contributed by atoms with Gasteiger partial charge in [-0.15, -0.1) is 0 Å². The minimum atomic E-state index is -1.07. The second kappa shape index (κ2) is 5.89. The lowest BCUT2D eigenvalue weighted by Crippen LogP contribution is -2.05. The summed E-state index contributed by atoms with van der Waals surface area (Å²) in [7, 11) is 1.15. The van der Waals surface area contributed by atoms with Gasteiger partial charge in [0.2, 0.25) is 0 Å². The fourth-order valence-electron chi connectivity index (χ4n) is 1.85. The molecule has 0 atom stereocenters. The smallest absolute Gasteiger partial charge is 0.186 e. The van der Waals surface area contributed by atoms with Crippen LogP contribution in [0.4, 0.5) is 20.2 Å². The fraction of sp³-hybridized carbons (Fsp3) is 0.0667. The minimum Gasteiger partial charge on any atom is -0.491 e. The number of methoxy groups -OCH3 is 1. The Morgan fingerprint density at radius 2 is 1.57 bits per heavy atom. The number of halogens is 2. The SMILES string of the molecule is COc1c(F)c(C#N)c(C#N)c(F)c1Nc1ccccc1. The molecule has 0 bridgehead atoms. The van der Waals surface area contributed by atoms with Crippen molar-refractivity contribution in [3.8, 4) is 17.9 Å². The molecule has 0 unspecified atom stereocenters. The van der Waals surface area contributed by atoms with Crippen molar-refractivity contribution in [3.63, 3.8) is 0 Å². The Morgan fingerprint density at radius 1 is 1.00 bits per heavy atom. The maximum Gasteiger partial charge on any atom is 0.186 e. The van der Waals surface area contributed by atoms with Gasteiger partial charge in [0, 0.05) is 5.69 Å². The van der Waals surface area contributed by atoms with Gasteiger partial charge in [-0.1, -0.05) is 18.2 Å². The molecule has 2 aromatic rings. The summed E-state index contributed by atoms with van der Waals surface area (Å²) in [6.45, 7) is 0. The van der Waals surface area contributed by atoms with E-state index in [4.69, 9.17) is 15.3 Å². The van der Waals surface area contributed by atoms with E-state index in [9.17, 15) is 8.78 Å². The quantitative estimate of drug-likeness (QED) is 0.937. The van der Waals surface area contributed by atoms with Crippen molar-refractivity contribution in [1.29, 1.82) is 10.5 Å². The van der Waals surface area contributed by atoms with E-state index in [0.29, 0.717) is 5.69 Å². The van der Waals surface area contributed by atoms with E-state index in [1.54, 1.807) is 30.3 Å². The third kappa shape index (κ3) is 2.47. The lowest BCUT2D eigenvalue weighted by atomic mass is 10.1. The first-order valence-corrected chi connectivity index (χ1v) is 5.85. The monoisotopic (exact) mass is 285 g/mol. The van der Waals surface area contributed by atoms with Gasteiger partial charge in [-0.2, -0.15) is 10.5 Å². The molecule has 0 saturated heterocycles. The molecule has 4 nitrogen and oxygen atoms in total. The molecule has 21 heavy (non-hydrogen) atoms. The predicted molar refractivity (Wildman–Crippen MR) is 72.1 cm³/mol. The Labute approximate surface area is 119 Å². The highest BCUT2D eigenvalue weighted by Crippen LogP contribution is 2.37. The van der Waals surface area contributed by atoms with Crippen LogP contribution in [0.3, 0.4) is 0 Å². The largest absolute Gasteiger partial charge is 0.491 e. The van der Waals surface area contributed by atoms with Gasteiger partial charge in [0.05, 0.1) is 7.11 Å². The van der Waals surface area contributed by atoms with Crippen LogP contribution in [0.1, 0.15) is 11.1 Å². The molecular weight excluding hydrogens is 276 g/mol. The summed E-state index contributed by atoms with van der Waals surface area (Å²) >= 11 is 0. The van der Waals surface area contributed by atoms with Gasteiger partial charge >= 0.3 is 0 Å². The number of rotatable bonds is 3. The van der Waals surface area contributed by atoms with Crippen molar-refractivity contribution in [1.82, 2.24) is 0 Å². The Kier molecular flexibility index (Phi) is 4.01. The molecule has 0 spiro atoms. The molecule has 0 fully saturated rings. The number of para-hydroxylation sites is 1. The molecule has 0 aromatic heterocycles. The van der Waals surface area contributed by atoms with Crippen LogP contribution in [0.2, 0.25) is 0 Å². The average Bonchev–Trinajstić information content (AvgIpc) is 2.51. The number of ether oxygens (including phenoxy) is 1. The number of hydrogen-bond donors (Lipinski definition) is 1. The van der Waals surface area contributed by atoms with Crippen molar-refractivity contribution in [2.75, 3.05) is 12.4 Å². The van der Waals surface area contributed by atoms with Crippen LogP contribution in [-0.4, -0.2) is 7.11 Å². The summed E-state index contributed by atoms with van der Waals surface area (Å²) in [6, 6.07) is 11.4. The zero-order valence-corrected chi connectivity index (χ0v) is 10.9. The zero-order chi connectivity index (χ0) is 15.4. The first-order valence-electron chi connectivity index (χ1n) is 5.85. The molecule has 6 heteroatoms. The molecule has 0 radical (unpaired) electrons. The molecule has 104 valence electrons. The fourth-order valence-corrected chi connectivity index (χ4v) is 1.85. The highest BCUT2D eigenvalue weighted by atomic mass is 19.1. The molecule has 0 heterocycles. The molecule has 0 aliphatic heterocycles. The van der Waals surface area contributed by atoms with E-state index < -0.39 is 28.5 Å². The van der Waals surface area contributed by atoms with Gasteiger partial charge in [-0.3, -0.25) is 0 Å². The van der Waals surface area contributed by atoms with Crippen molar-refractivity contribution in [2.24, 2.45) is 0 Å². The van der Waals surface area contributed by atoms with Gasteiger partial charge in [0.25, 0.3) is 0 Å². The normalized spacial score (nSPS) is 9.57. The van der Waals surface area contributed by atoms with E-state index in [2.05, 4.69) is 5.32 Å². The van der Waals surface area contributed by atoms with Crippen LogP contribution < -0.4 is 10.1 Å². The maximum absolute atomic E-state index is 14.4. The molecule has 0 saturated carbocycles. The molecule has 2 rings (SSSR count). The highest BCUT2D eigenvalue weighted by Gasteiger charge is 2.25. The lowest BCUT2D eigenvalue weighted by molar-refractivity contribution is 0.384. The summed E-state index contributed by atoms with van der Waals surface area (Å²) in [4.78, 5) is 0. The van der Waals surface area contributed by atoms with Gasteiger partial charge in [0.1, 0.15) is 29.0 Å². The number of nitriles is 2. The standard InChI is InChI=1S/C15H9F2N3O/c1-21-15-13(17)11(8-19)10(7-18)12(16)14(15)20-9-5-3-2-4-6-9/h2-6,20H,1H3. The van der Waals surface area contributed by atoms with Gasteiger partial charge in [-0.05, 0) is 12.1 Å². The molecule has 2 aromatic carbocycles. The lowest BCUT2D eigenvalue weighted by Gasteiger charge is -2.15. The number of hydrogen-bond acceptors (Lipinski definition) is 4. The molecule has 1 N–H and O–H groups in total. The zero-order valence-electron chi connectivity index (χ0n) is 10.9. The topological polar surface area (TPSA) is 68.8 Å². The summed E-state index contributed by atoms with van der Waals surface area (Å²) in [5.74, 6) is -2.56. The summed E-state index contributed by atoms with van der Waals surface area (Å²) in [5.41, 5.74) is -1.17. The van der Waals surface area contributed by atoms with Crippen molar-refractivity contribution < 1.29 is 13.5 Å².